The average Bonchev–Trinajstić information content (AvgIpc) is 3.28. The van der Waals surface area contributed by atoms with Crippen LogP contribution in [0.4, 0.5) is 0 Å². The number of piperidine rings is 1. The number of nitrogens with zero attached hydrogens (tertiary/aromatic N) is 3. The Balaban J connectivity index is 1.54. The van der Waals surface area contributed by atoms with Gasteiger partial charge in [-0.2, -0.15) is 4.98 Å². The molecule has 3 heterocycles. The number of aromatic nitrogens is 3. The van der Waals surface area contributed by atoms with Gasteiger partial charge in [0.2, 0.25) is 0 Å². The minimum atomic E-state index is -3.23. The molecule has 3 aromatic rings. The van der Waals surface area contributed by atoms with E-state index in [0.717, 1.165) is 37.2 Å². The molecule has 8 nitrogen and oxygen atoms in total. The van der Waals surface area contributed by atoms with Gasteiger partial charge >= 0.3 is 0 Å². The fourth-order valence-electron chi connectivity index (χ4n) is 3.73. The van der Waals surface area contributed by atoms with Crippen molar-refractivity contribution in [3.8, 4) is 17.0 Å². The quantitative estimate of drug-likeness (QED) is 0.572. The van der Waals surface area contributed by atoms with Crippen molar-refractivity contribution in [3.63, 3.8) is 0 Å². The number of sulfone groups is 1. The number of nitrogens with one attached hydrogen (secondary N) is 1. The molecule has 1 aliphatic heterocycles. The summed E-state index contributed by atoms with van der Waals surface area (Å²) >= 11 is 0. The van der Waals surface area contributed by atoms with Crippen molar-refractivity contribution in [2.24, 2.45) is 5.92 Å². The highest BCUT2D eigenvalue weighted by molar-refractivity contribution is 7.90. The number of hydrogen-bond acceptors (Lipinski definition) is 8. The van der Waals surface area contributed by atoms with Gasteiger partial charge in [-0.15, -0.1) is 0 Å². The summed E-state index contributed by atoms with van der Waals surface area (Å²) in [6, 6.07) is 10.4. The smallest absolute Gasteiger partial charge is 0.268 e. The van der Waals surface area contributed by atoms with Crippen molar-refractivity contribution >= 4 is 9.84 Å². The molecule has 170 valence electrons. The molecule has 1 unspecified atom stereocenters. The molecule has 0 aliphatic carbocycles. The normalized spacial score (nSPS) is 16.2. The van der Waals surface area contributed by atoms with Gasteiger partial charge < -0.3 is 14.6 Å². The summed E-state index contributed by atoms with van der Waals surface area (Å²) in [5, 5.41) is 7.49. The first-order valence-electron chi connectivity index (χ1n) is 10.8. The summed E-state index contributed by atoms with van der Waals surface area (Å²) in [5.74, 6) is 2.24. The van der Waals surface area contributed by atoms with Gasteiger partial charge in [-0.25, -0.2) is 8.42 Å². The molecular formula is C23H28N4O4S. The number of pyridine rings is 1. The predicted octanol–water partition coefficient (Wildman–Crippen LogP) is 3.78. The van der Waals surface area contributed by atoms with Crippen molar-refractivity contribution in [2.75, 3.05) is 19.3 Å². The van der Waals surface area contributed by atoms with Crippen molar-refractivity contribution in [2.45, 2.75) is 43.6 Å². The zero-order valence-electron chi connectivity index (χ0n) is 18.5. The van der Waals surface area contributed by atoms with Gasteiger partial charge in [-0.05, 0) is 50.2 Å². The minimum absolute atomic E-state index is 0.177. The first kappa shape index (κ1) is 22.4. The number of hydrogen-bond donors (Lipinski definition) is 1. The Morgan fingerprint density at radius 1 is 1.09 bits per heavy atom. The molecule has 0 amide bonds. The maximum absolute atomic E-state index is 11.7. The van der Waals surface area contributed by atoms with E-state index in [1.165, 1.54) is 6.26 Å². The summed E-state index contributed by atoms with van der Waals surface area (Å²) < 4.78 is 35.2. The topological polar surface area (TPSA) is 107 Å². The van der Waals surface area contributed by atoms with E-state index in [2.05, 4.69) is 20.4 Å². The number of benzene rings is 1. The lowest BCUT2D eigenvalue weighted by molar-refractivity contribution is 0.0804. The molecule has 1 fully saturated rings. The molecule has 1 saturated heterocycles. The molecule has 0 bridgehead atoms. The maximum atomic E-state index is 11.7. The van der Waals surface area contributed by atoms with Crippen LogP contribution in [0.3, 0.4) is 0 Å². The van der Waals surface area contributed by atoms with Crippen LogP contribution >= 0.6 is 0 Å². The van der Waals surface area contributed by atoms with Gasteiger partial charge in [0.1, 0.15) is 5.75 Å². The Morgan fingerprint density at radius 2 is 1.81 bits per heavy atom. The molecule has 1 aromatic carbocycles. The molecule has 1 atom stereocenters. The van der Waals surface area contributed by atoms with Gasteiger partial charge in [0.05, 0.1) is 16.8 Å². The first-order valence-corrected chi connectivity index (χ1v) is 12.7. The summed E-state index contributed by atoms with van der Waals surface area (Å²) in [7, 11) is -3.23. The summed E-state index contributed by atoms with van der Waals surface area (Å²) in [6.45, 7) is 5.91. The molecule has 1 N–H and O–H groups in total. The zero-order valence-corrected chi connectivity index (χ0v) is 19.3. The first-order chi connectivity index (χ1) is 15.3. The highest BCUT2D eigenvalue weighted by atomic mass is 32.2. The highest BCUT2D eigenvalue weighted by Gasteiger charge is 2.32. The van der Waals surface area contributed by atoms with Crippen LogP contribution in [0.25, 0.3) is 11.3 Å². The van der Waals surface area contributed by atoms with Gasteiger partial charge in [0.25, 0.3) is 5.89 Å². The SMILES string of the molecule is CC(C)c1noc(C(Oc2ccc(-c3ccc(S(C)(=O)=O)cc3)nc2)C2CCNCC2)n1. The van der Waals surface area contributed by atoms with Crippen molar-refractivity contribution in [1.82, 2.24) is 20.4 Å². The summed E-state index contributed by atoms with van der Waals surface area (Å²) in [4.78, 5) is 9.38. The minimum Gasteiger partial charge on any atom is -0.479 e. The van der Waals surface area contributed by atoms with E-state index < -0.39 is 9.84 Å². The van der Waals surface area contributed by atoms with Crippen LogP contribution in [0.2, 0.25) is 0 Å². The highest BCUT2D eigenvalue weighted by Crippen LogP contribution is 2.33. The Bertz CT molecular complexity index is 1140. The zero-order chi connectivity index (χ0) is 22.7. The van der Waals surface area contributed by atoms with Crippen LogP contribution in [0, 0.1) is 5.92 Å². The molecule has 0 radical (unpaired) electrons. The van der Waals surface area contributed by atoms with Crippen molar-refractivity contribution in [3.05, 3.63) is 54.3 Å². The fraction of sp³-hybridized carbons (Fsp3) is 0.435. The van der Waals surface area contributed by atoms with E-state index in [4.69, 9.17) is 9.26 Å². The van der Waals surface area contributed by atoms with Crippen LogP contribution in [0.1, 0.15) is 50.4 Å². The van der Waals surface area contributed by atoms with E-state index >= 15 is 0 Å². The molecule has 1 aliphatic rings. The van der Waals surface area contributed by atoms with E-state index in [0.29, 0.717) is 17.5 Å². The Labute approximate surface area is 188 Å². The van der Waals surface area contributed by atoms with Crippen LogP contribution < -0.4 is 10.1 Å². The second-order valence-electron chi connectivity index (χ2n) is 8.45. The van der Waals surface area contributed by atoms with Gasteiger partial charge in [-0.1, -0.05) is 31.1 Å². The van der Waals surface area contributed by atoms with E-state index in [9.17, 15) is 8.42 Å². The molecule has 32 heavy (non-hydrogen) atoms. The lowest BCUT2D eigenvalue weighted by Crippen LogP contribution is -2.33. The van der Waals surface area contributed by atoms with Gasteiger partial charge in [0.15, 0.2) is 21.8 Å². The Hall–Kier alpha value is -2.78. The summed E-state index contributed by atoms with van der Waals surface area (Å²) in [5.41, 5.74) is 1.56. The lowest BCUT2D eigenvalue weighted by atomic mass is 9.92. The van der Waals surface area contributed by atoms with Gasteiger partial charge in [-0.3, -0.25) is 4.98 Å². The van der Waals surface area contributed by atoms with Crippen LogP contribution in [0.5, 0.6) is 5.75 Å². The average molecular weight is 457 g/mol. The van der Waals surface area contributed by atoms with E-state index in [-0.39, 0.29) is 22.8 Å². The van der Waals surface area contributed by atoms with E-state index in [1.807, 2.05) is 26.0 Å². The molecule has 2 aromatic heterocycles. The van der Waals surface area contributed by atoms with Crippen LogP contribution in [-0.4, -0.2) is 42.9 Å². The second kappa shape index (κ2) is 9.38. The lowest BCUT2D eigenvalue weighted by Gasteiger charge is -2.28. The Morgan fingerprint density at radius 3 is 2.38 bits per heavy atom. The third-order valence-electron chi connectivity index (χ3n) is 5.61. The van der Waals surface area contributed by atoms with Crippen molar-refractivity contribution in [1.29, 1.82) is 0 Å². The fourth-order valence-corrected chi connectivity index (χ4v) is 4.36. The molecule has 9 heteroatoms. The predicted molar refractivity (Wildman–Crippen MR) is 120 cm³/mol. The summed E-state index contributed by atoms with van der Waals surface area (Å²) in [6.07, 6.45) is 4.45. The monoisotopic (exact) mass is 456 g/mol. The van der Waals surface area contributed by atoms with Gasteiger partial charge in [0, 0.05) is 23.7 Å². The molecule has 4 rings (SSSR count). The molecular weight excluding hydrogens is 428 g/mol. The second-order valence-corrected chi connectivity index (χ2v) is 10.5. The molecule has 0 spiro atoms. The van der Waals surface area contributed by atoms with E-state index in [1.54, 1.807) is 30.5 Å². The standard InChI is InChI=1S/C23H28N4O4S/c1-15(2)22-26-23(31-27-22)21(17-10-12-24-13-11-17)30-18-6-9-20(25-14-18)16-4-7-19(8-5-16)32(3,28)29/h4-9,14-15,17,21,24H,10-13H2,1-3H3. The Kier molecular flexibility index (Phi) is 6.57. The third-order valence-corrected chi connectivity index (χ3v) is 6.74. The van der Waals surface area contributed by atoms with Crippen LogP contribution in [-0.2, 0) is 9.84 Å². The van der Waals surface area contributed by atoms with Crippen molar-refractivity contribution < 1.29 is 17.7 Å². The number of rotatable bonds is 7. The molecule has 0 saturated carbocycles. The number of ether oxygens (including phenoxy) is 1. The maximum Gasteiger partial charge on any atom is 0.268 e. The van der Waals surface area contributed by atoms with Crippen LogP contribution in [0.15, 0.2) is 52.0 Å². The largest absolute Gasteiger partial charge is 0.479 e. The third kappa shape index (κ3) is 5.16.